The Morgan fingerprint density at radius 3 is 1.41 bits per heavy atom. The van der Waals surface area contributed by atoms with E-state index in [1.807, 2.05) is 138 Å². The number of nitrogens with zero attached hydrogens (tertiary/aromatic N) is 7. The average molecular weight is 1080 g/mol. The van der Waals surface area contributed by atoms with Crippen molar-refractivity contribution in [1.29, 1.82) is 0 Å². The summed E-state index contributed by atoms with van der Waals surface area (Å²) in [7, 11) is 0. The lowest BCUT2D eigenvalue weighted by atomic mass is 9.90. The van der Waals surface area contributed by atoms with Crippen LogP contribution in [0.15, 0.2) is 216 Å². The Balaban J connectivity index is 0.000000159. The van der Waals surface area contributed by atoms with Gasteiger partial charge in [0, 0.05) is 92.2 Å². The predicted octanol–water partition coefficient (Wildman–Crippen LogP) is 9.99. The van der Waals surface area contributed by atoms with Gasteiger partial charge in [-0.15, -0.1) is 0 Å². The van der Waals surface area contributed by atoms with E-state index in [2.05, 4.69) is 50.5 Å². The van der Waals surface area contributed by atoms with Crippen LogP contribution in [-0.2, 0) is 58.5 Å². The number of piperidine rings is 1. The largest absolute Gasteiger partial charge is 0.503 e. The van der Waals surface area contributed by atoms with Gasteiger partial charge in [0.15, 0.2) is 17.2 Å². The van der Waals surface area contributed by atoms with E-state index >= 15 is 0 Å². The van der Waals surface area contributed by atoms with E-state index < -0.39 is 0 Å². The summed E-state index contributed by atoms with van der Waals surface area (Å²) in [6.45, 7) is 6.81. The fourth-order valence-electron chi connectivity index (χ4n) is 9.93. The summed E-state index contributed by atoms with van der Waals surface area (Å²) < 4.78 is 6.66. The molecule has 414 valence electrons. The molecule has 4 N–H and O–H groups in total. The number of unbranched alkanes of at least 4 members (excludes halogenated alkanes) is 1. The first-order chi connectivity index (χ1) is 39.2. The Morgan fingerprint density at radius 1 is 0.475 bits per heavy atom. The highest BCUT2D eigenvalue weighted by Gasteiger charge is 2.20. The molecule has 0 amide bonds. The summed E-state index contributed by atoms with van der Waals surface area (Å²) >= 11 is 0. The van der Waals surface area contributed by atoms with Crippen molar-refractivity contribution in [1.82, 2.24) is 38.5 Å². The van der Waals surface area contributed by atoms with Crippen molar-refractivity contribution in [3.8, 4) is 17.2 Å². The third-order valence-corrected chi connectivity index (χ3v) is 14.5. The molecule has 0 bridgehead atoms. The second-order valence-electron chi connectivity index (χ2n) is 20.4. The number of aromatic hydroxyl groups is 3. The number of benzene rings is 4. The van der Waals surface area contributed by atoms with E-state index in [-0.39, 0.29) is 33.9 Å². The summed E-state index contributed by atoms with van der Waals surface area (Å²) in [5, 5.41) is 34.0. The van der Waals surface area contributed by atoms with Crippen LogP contribution in [0.25, 0.3) is 0 Å². The topological polar surface area (TPSA) is 173 Å². The van der Waals surface area contributed by atoms with E-state index in [0.29, 0.717) is 38.2 Å². The molecule has 0 radical (unpaired) electrons. The van der Waals surface area contributed by atoms with Crippen LogP contribution < -0.4 is 22.0 Å². The monoisotopic (exact) mass is 1070 g/mol. The van der Waals surface area contributed by atoms with Gasteiger partial charge in [-0.1, -0.05) is 134 Å². The molecule has 80 heavy (non-hydrogen) atoms. The minimum absolute atomic E-state index is 0.0869. The number of nitrogens with one attached hydrogen (secondary N) is 1. The number of rotatable bonds is 22. The second-order valence-corrected chi connectivity index (χ2v) is 20.4. The molecule has 1 saturated heterocycles. The zero-order chi connectivity index (χ0) is 55.7. The fraction of sp³-hybridized carbons (Fsp3) is 0.288. The molecule has 1 aliphatic rings. The lowest BCUT2D eigenvalue weighted by molar-refractivity contribution is 0.171. The zero-order valence-corrected chi connectivity index (χ0v) is 45.6. The van der Waals surface area contributed by atoms with E-state index in [9.17, 15) is 29.7 Å². The first kappa shape index (κ1) is 57.6. The highest BCUT2D eigenvalue weighted by atomic mass is 16.3. The van der Waals surface area contributed by atoms with Crippen molar-refractivity contribution in [2.75, 3.05) is 19.6 Å². The summed E-state index contributed by atoms with van der Waals surface area (Å²) in [6, 6.07) is 51.4. The number of aryl methyl sites for hydroxylation is 3. The van der Waals surface area contributed by atoms with Crippen molar-refractivity contribution in [2.45, 2.75) is 97.1 Å². The molecule has 14 nitrogen and oxygen atoms in total. The molecular formula is C66H74N8O6. The highest BCUT2D eigenvalue weighted by Crippen LogP contribution is 2.25. The maximum atomic E-state index is 12.6. The van der Waals surface area contributed by atoms with Gasteiger partial charge >= 0.3 is 0 Å². The van der Waals surface area contributed by atoms with Crippen LogP contribution in [0.3, 0.4) is 0 Å². The molecule has 9 aromatic rings. The molecule has 14 heteroatoms. The van der Waals surface area contributed by atoms with Gasteiger partial charge in [-0.2, -0.15) is 0 Å². The van der Waals surface area contributed by atoms with Crippen LogP contribution >= 0.6 is 0 Å². The van der Waals surface area contributed by atoms with E-state index in [4.69, 9.17) is 0 Å². The first-order valence-electron chi connectivity index (χ1n) is 27.8. The molecule has 0 aliphatic carbocycles. The highest BCUT2D eigenvalue weighted by molar-refractivity contribution is 5.32. The molecule has 4 aromatic carbocycles. The molecule has 6 heterocycles. The van der Waals surface area contributed by atoms with Crippen molar-refractivity contribution < 1.29 is 15.3 Å². The van der Waals surface area contributed by atoms with Gasteiger partial charge in [0.05, 0.1) is 26.0 Å². The molecular weight excluding hydrogens is 1000 g/mol. The Morgan fingerprint density at radius 2 is 0.938 bits per heavy atom. The van der Waals surface area contributed by atoms with Crippen molar-refractivity contribution in [3.05, 3.63) is 277 Å². The van der Waals surface area contributed by atoms with Crippen molar-refractivity contribution >= 4 is 0 Å². The normalized spacial score (nSPS) is 12.5. The minimum atomic E-state index is -0.368. The number of hydrogen-bond acceptors (Lipinski definition) is 10. The van der Waals surface area contributed by atoms with Crippen LogP contribution in [0.5, 0.6) is 17.2 Å². The number of hydrogen-bond donors (Lipinski definition) is 4. The molecule has 10 rings (SSSR count). The maximum Gasteiger partial charge on any atom is 0.293 e. The van der Waals surface area contributed by atoms with Gasteiger partial charge in [-0.3, -0.25) is 24.3 Å². The van der Waals surface area contributed by atoms with Crippen molar-refractivity contribution in [2.24, 2.45) is 5.92 Å². The second kappa shape index (κ2) is 30.5. The van der Waals surface area contributed by atoms with Crippen LogP contribution in [0.1, 0.15) is 83.2 Å². The smallest absolute Gasteiger partial charge is 0.293 e. The van der Waals surface area contributed by atoms with Gasteiger partial charge in [0.25, 0.3) is 16.7 Å². The van der Waals surface area contributed by atoms with E-state index in [1.54, 1.807) is 46.3 Å². The quantitative estimate of drug-likeness (QED) is 0.0479. The molecule has 1 fully saturated rings. The van der Waals surface area contributed by atoms with Gasteiger partial charge < -0.3 is 38.9 Å². The molecule has 5 aromatic heterocycles. The number of pyridine rings is 4. The predicted molar refractivity (Wildman–Crippen MR) is 316 cm³/mol. The van der Waals surface area contributed by atoms with E-state index in [0.717, 1.165) is 111 Å². The molecule has 0 saturated carbocycles. The molecule has 1 aliphatic heterocycles. The fourth-order valence-corrected chi connectivity index (χ4v) is 9.93. The minimum Gasteiger partial charge on any atom is -0.503 e. The third-order valence-electron chi connectivity index (χ3n) is 14.5. The lowest BCUT2D eigenvalue weighted by Crippen LogP contribution is -2.33. The first-order valence-corrected chi connectivity index (χ1v) is 27.8. The number of aromatic nitrogens is 6. The van der Waals surface area contributed by atoms with Gasteiger partial charge in [-0.25, -0.2) is 4.98 Å². The van der Waals surface area contributed by atoms with Crippen LogP contribution in [0.2, 0.25) is 0 Å². The Bertz CT molecular complexity index is 3420. The van der Waals surface area contributed by atoms with Crippen molar-refractivity contribution in [3.63, 3.8) is 0 Å². The number of likely N-dealkylation sites (tertiary alicyclic amines) is 1. The summed E-state index contributed by atoms with van der Waals surface area (Å²) in [5.41, 5.74) is 6.61. The zero-order valence-electron chi connectivity index (χ0n) is 45.6. The van der Waals surface area contributed by atoms with Gasteiger partial charge in [0.2, 0.25) is 0 Å². The maximum absolute atomic E-state index is 12.6. The Labute approximate surface area is 468 Å². The van der Waals surface area contributed by atoms with Gasteiger partial charge in [-0.05, 0) is 117 Å². The van der Waals surface area contributed by atoms with Crippen LogP contribution in [0.4, 0.5) is 0 Å². The van der Waals surface area contributed by atoms with Gasteiger partial charge in [0.1, 0.15) is 0 Å². The van der Waals surface area contributed by atoms with E-state index in [1.165, 1.54) is 23.0 Å². The Hall–Kier alpha value is -8.59. The third kappa shape index (κ3) is 17.7. The standard InChI is InChI=1S/C27H32N2O2.C20H21N3O2.C19H21N3O2/c30-26-25(16-19-29(27(26)31)21-24-10-5-2-6-11-24)13-7-12-22-14-17-28(18-15-22)20-23-8-3-1-4-9-23;24-19-17(14-21-12-9-18-8-4-5-11-22-18)10-13-23(20(19)25)15-16-6-2-1-3-7-16;23-18-17(8-4-5-11-21-13-10-20-15-21)9-12-22(19(18)24)14-16-6-2-1-3-7-16/h1-6,8-11,16,19,22,30H,7,12-15,17-18,20-21H2;1-8,10-11,13,21,24H,9,12,14-15H2;1-3,6-7,9-10,12-13,15,23H,4-5,8,11,14H2. The summed E-state index contributed by atoms with van der Waals surface area (Å²) in [4.78, 5) is 48.0. The average Bonchev–Trinajstić information content (AvgIpc) is 4.03. The summed E-state index contributed by atoms with van der Waals surface area (Å²) in [6.07, 6.45) is 21.3. The Kier molecular flexibility index (Phi) is 22.0. The summed E-state index contributed by atoms with van der Waals surface area (Å²) in [5.74, 6) is 0.337. The number of imidazole rings is 1. The van der Waals surface area contributed by atoms with Crippen LogP contribution in [0, 0.1) is 5.92 Å². The van der Waals surface area contributed by atoms with Crippen LogP contribution in [-0.4, -0.2) is 68.1 Å². The lowest BCUT2D eigenvalue weighted by Gasteiger charge is -2.32. The molecule has 0 atom stereocenters. The molecule has 0 spiro atoms. The molecule has 0 unspecified atom stereocenters. The SMILES string of the molecule is O=c1c(O)c(CCCC2CCN(Cc3ccccc3)CC2)ccn1Cc1ccccc1.O=c1c(O)c(CCCCn2ccnc2)ccn1Cc1ccccc1.O=c1c(O)c(CNCCc2ccccn2)ccn1Cc1ccccc1.